The van der Waals surface area contributed by atoms with Gasteiger partial charge in [0.05, 0.1) is 26.1 Å². The van der Waals surface area contributed by atoms with Gasteiger partial charge in [0.1, 0.15) is 5.75 Å². The van der Waals surface area contributed by atoms with Crippen LogP contribution in [0.4, 0.5) is 11.4 Å². The van der Waals surface area contributed by atoms with Gasteiger partial charge < -0.3 is 19.7 Å². The van der Waals surface area contributed by atoms with Gasteiger partial charge in [0.15, 0.2) is 5.78 Å². The van der Waals surface area contributed by atoms with Gasteiger partial charge in [-0.3, -0.25) is 9.59 Å². The molecule has 0 radical (unpaired) electrons. The second-order valence-electron chi connectivity index (χ2n) is 6.77. The van der Waals surface area contributed by atoms with Crippen molar-refractivity contribution in [2.75, 3.05) is 49.4 Å². The summed E-state index contributed by atoms with van der Waals surface area (Å²) in [6.45, 7) is 4.80. The molecule has 1 aliphatic heterocycles. The minimum absolute atomic E-state index is 0.0113. The number of ether oxygens (including phenoxy) is 2. The summed E-state index contributed by atoms with van der Waals surface area (Å²) in [7, 11) is 1.60. The first-order chi connectivity index (χ1) is 14.1. The van der Waals surface area contributed by atoms with E-state index in [1.165, 1.54) is 18.7 Å². The summed E-state index contributed by atoms with van der Waals surface area (Å²) < 4.78 is 10.7. The summed E-state index contributed by atoms with van der Waals surface area (Å²) in [5.74, 6) is 1.58. The third-order valence-electron chi connectivity index (χ3n) is 4.70. The molecule has 7 heteroatoms. The molecule has 1 aliphatic rings. The molecule has 0 aliphatic carbocycles. The smallest absolute Gasteiger partial charge is 0.234 e. The Morgan fingerprint density at radius 3 is 2.52 bits per heavy atom. The molecule has 2 aromatic carbocycles. The number of nitrogens with one attached hydrogen (secondary N) is 1. The van der Waals surface area contributed by atoms with Crippen LogP contribution >= 0.6 is 11.8 Å². The van der Waals surface area contributed by atoms with Crippen LogP contribution in [0.5, 0.6) is 5.75 Å². The largest absolute Gasteiger partial charge is 0.496 e. The number of hydrogen-bond donors (Lipinski definition) is 1. The Bertz CT molecular complexity index is 848. The van der Waals surface area contributed by atoms with Crippen molar-refractivity contribution in [2.45, 2.75) is 12.7 Å². The molecule has 0 unspecified atom stereocenters. The highest BCUT2D eigenvalue weighted by atomic mass is 32.2. The normalized spacial score (nSPS) is 13.8. The summed E-state index contributed by atoms with van der Waals surface area (Å²) in [5.41, 5.74) is 3.47. The molecule has 1 N–H and O–H groups in total. The fraction of sp³-hybridized carbons (Fsp3) is 0.364. The molecule has 1 fully saturated rings. The van der Waals surface area contributed by atoms with E-state index in [2.05, 4.69) is 10.2 Å². The molecule has 3 rings (SSSR count). The predicted molar refractivity (Wildman–Crippen MR) is 117 cm³/mol. The summed E-state index contributed by atoms with van der Waals surface area (Å²) in [6.07, 6.45) is 0. The number of carbonyl (C=O) groups excluding carboxylic acids is 2. The maximum absolute atomic E-state index is 12.3. The number of benzene rings is 2. The van der Waals surface area contributed by atoms with E-state index < -0.39 is 0 Å². The maximum atomic E-state index is 12.3. The molecule has 0 saturated carbocycles. The number of methoxy groups -OCH3 is 1. The van der Waals surface area contributed by atoms with Crippen molar-refractivity contribution in [1.82, 2.24) is 0 Å². The van der Waals surface area contributed by atoms with Crippen LogP contribution in [-0.4, -0.2) is 50.9 Å². The highest BCUT2D eigenvalue weighted by Crippen LogP contribution is 2.25. The average Bonchev–Trinajstić information content (AvgIpc) is 2.74. The fourth-order valence-corrected chi connectivity index (χ4v) is 3.94. The van der Waals surface area contributed by atoms with Crippen LogP contribution < -0.4 is 15.0 Å². The number of morpholine rings is 1. The number of Topliss-reactive ketones (excluding diaryl/α,β-unsaturated/α-hetero) is 1. The zero-order valence-corrected chi connectivity index (χ0v) is 17.6. The number of rotatable bonds is 8. The standard InChI is InChI=1S/C22H26N2O4S/c1-16(25)17-3-8-21(27-2)18(13-17)14-29-15-22(26)23-19-4-6-20(7-5-19)24-9-11-28-12-10-24/h3-8,13H,9-12,14-15H2,1-2H3,(H,23,26). The van der Waals surface area contributed by atoms with Gasteiger partial charge in [-0.2, -0.15) is 0 Å². The second kappa shape index (κ2) is 10.3. The van der Waals surface area contributed by atoms with Crippen LogP contribution in [0.1, 0.15) is 22.8 Å². The van der Waals surface area contributed by atoms with Crippen molar-refractivity contribution in [3.05, 3.63) is 53.6 Å². The van der Waals surface area contributed by atoms with Crippen LogP contribution in [0.15, 0.2) is 42.5 Å². The van der Waals surface area contributed by atoms with Crippen LogP contribution in [0, 0.1) is 0 Å². The number of thioether (sulfide) groups is 1. The summed E-state index contributed by atoms with van der Waals surface area (Å²) >= 11 is 1.48. The van der Waals surface area contributed by atoms with Gasteiger partial charge in [-0.1, -0.05) is 0 Å². The molecule has 29 heavy (non-hydrogen) atoms. The van der Waals surface area contributed by atoms with Crippen LogP contribution in [0.3, 0.4) is 0 Å². The predicted octanol–water partition coefficient (Wildman–Crippen LogP) is 3.61. The first-order valence-corrected chi connectivity index (χ1v) is 10.7. The van der Waals surface area contributed by atoms with Gasteiger partial charge >= 0.3 is 0 Å². The van der Waals surface area contributed by atoms with E-state index in [0.29, 0.717) is 17.1 Å². The molecule has 0 atom stereocenters. The lowest BCUT2D eigenvalue weighted by atomic mass is 10.1. The molecule has 6 nitrogen and oxygen atoms in total. The molecule has 1 amide bonds. The Balaban J connectivity index is 1.50. The molecular weight excluding hydrogens is 388 g/mol. The van der Waals surface area contributed by atoms with Crippen molar-refractivity contribution >= 4 is 34.8 Å². The monoisotopic (exact) mass is 414 g/mol. The number of anilines is 2. The van der Waals surface area contributed by atoms with Crippen molar-refractivity contribution in [3.8, 4) is 5.75 Å². The lowest BCUT2D eigenvalue weighted by Gasteiger charge is -2.28. The van der Waals surface area contributed by atoms with E-state index in [1.54, 1.807) is 19.2 Å². The molecule has 1 heterocycles. The fourth-order valence-electron chi connectivity index (χ4n) is 3.14. The number of amides is 1. The first kappa shape index (κ1) is 21.2. The van der Waals surface area contributed by atoms with Crippen LogP contribution in [0.25, 0.3) is 0 Å². The Morgan fingerprint density at radius 2 is 1.86 bits per heavy atom. The first-order valence-electron chi connectivity index (χ1n) is 9.55. The Kier molecular flexibility index (Phi) is 7.55. The van der Waals surface area contributed by atoms with Gasteiger partial charge in [0.2, 0.25) is 5.91 Å². The van der Waals surface area contributed by atoms with E-state index >= 15 is 0 Å². The number of carbonyl (C=O) groups is 2. The molecule has 1 saturated heterocycles. The lowest BCUT2D eigenvalue weighted by Crippen LogP contribution is -2.36. The Labute approximate surface area is 175 Å². The van der Waals surface area contributed by atoms with Crippen molar-refractivity contribution < 1.29 is 19.1 Å². The molecular formula is C22H26N2O4S. The van der Waals surface area contributed by atoms with Crippen LogP contribution in [0.2, 0.25) is 0 Å². The van der Waals surface area contributed by atoms with Gasteiger partial charge in [-0.25, -0.2) is 0 Å². The van der Waals surface area contributed by atoms with E-state index in [-0.39, 0.29) is 11.7 Å². The SMILES string of the molecule is COc1ccc(C(C)=O)cc1CSCC(=O)Nc1ccc(N2CCOCC2)cc1. The number of ketones is 1. The number of hydrogen-bond acceptors (Lipinski definition) is 6. The summed E-state index contributed by atoms with van der Waals surface area (Å²) in [6, 6.07) is 13.3. The third kappa shape index (κ3) is 5.98. The highest BCUT2D eigenvalue weighted by Gasteiger charge is 2.12. The van der Waals surface area contributed by atoms with Gasteiger partial charge in [-0.15, -0.1) is 11.8 Å². The molecule has 0 aromatic heterocycles. The minimum Gasteiger partial charge on any atom is -0.496 e. The second-order valence-corrected chi connectivity index (χ2v) is 7.76. The topological polar surface area (TPSA) is 67.9 Å². The number of nitrogens with zero attached hydrogens (tertiary/aromatic N) is 1. The Morgan fingerprint density at radius 1 is 1.14 bits per heavy atom. The lowest BCUT2D eigenvalue weighted by molar-refractivity contribution is -0.113. The van der Waals surface area contributed by atoms with Gasteiger partial charge in [0.25, 0.3) is 0 Å². The third-order valence-corrected chi connectivity index (χ3v) is 5.69. The zero-order chi connectivity index (χ0) is 20.6. The highest BCUT2D eigenvalue weighted by molar-refractivity contribution is 7.99. The summed E-state index contributed by atoms with van der Waals surface area (Å²) in [4.78, 5) is 26.1. The Hall–Kier alpha value is -2.51. The zero-order valence-electron chi connectivity index (χ0n) is 16.8. The van der Waals surface area contributed by atoms with Gasteiger partial charge in [0, 0.05) is 41.3 Å². The average molecular weight is 415 g/mol. The van der Waals surface area contributed by atoms with Crippen molar-refractivity contribution in [3.63, 3.8) is 0 Å². The van der Waals surface area contributed by atoms with E-state index in [9.17, 15) is 9.59 Å². The molecule has 2 aromatic rings. The van der Waals surface area contributed by atoms with E-state index in [0.717, 1.165) is 49.0 Å². The van der Waals surface area contributed by atoms with Crippen LogP contribution in [-0.2, 0) is 15.3 Å². The molecule has 0 spiro atoms. The maximum Gasteiger partial charge on any atom is 0.234 e. The van der Waals surface area contributed by atoms with E-state index in [1.807, 2.05) is 30.3 Å². The van der Waals surface area contributed by atoms with Crippen molar-refractivity contribution in [2.24, 2.45) is 0 Å². The quantitative estimate of drug-likeness (QED) is 0.666. The van der Waals surface area contributed by atoms with Crippen molar-refractivity contribution in [1.29, 1.82) is 0 Å². The molecule has 0 bridgehead atoms. The minimum atomic E-state index is -0.0594. The van der Waals surface area contributed by atoms with E-state index in [4.69, 9.17) is 9.47 Å². The molecule has 154 valence electrons. The van der Waals surface area contributed by atoms with Gasteiger partial charge in [-0.05, 0) is 49.4 Å². The summed E-state index contributed by atoms with van der Waals surface area (Å²) in [5, 5.41) is 2.93.